The van der Waals surface area contributed by atoms with Gasteiger partial charge in [-0.15, -0.1) is 0 Å². The summed E-state index contributed by atoms with van der Waals surface area (Å²) in [6.07, 6.45) is 3.22. The summed E-state index contributed by atoms with van der Waals surface area (Å²) in [5.41, 5.74) is 0.961. The van der Waals surface area contributed by atoms with E-state index in [1.54, 1.807) is 26.3 Å². The molecular weight excluding hydrogens is 334 g/mol. The van der Waals surface area contributed by atoms with Gasteiger partial charge in [0, 0.05) is 65.1 Å². The molecule has 8 nitrogen and oxygen atoms in total. The third-order valence-electron chi connectivity index (χ3n) is 4.56. The number of nitro benzene ring substituents is 1. The smallest absolute Gasteiger partial charge is 0.269 e. The minimum atomic E-state index is -0.378. The lowest BCUT2D eigenvalue weighted by molar-refractivity contribution is -0.384. The first-order valence-electron chi connectivity index (χ1n) is 9.04. The van der Waals surface area contributed by atoms with E-state index in [4.69, 9.17) is 4.74 Å². The predicted molar refractivity (Wildman–Crippen MR) is 102 cm³/mol. The zero-order valence-corrected chi connectivity index (χ0v) is 15.6. The lowest BCUT2D eigenvalue weighted by Gasteiger charge is -2.33. The van der Waals surface area contributed by atoms with E-state index >= 15 is 0 Å². The number of aliphatic imine (C=N–C) groups is 1. The van der Waals surface area contributed by atoms with Crippen LogP contribution in [0.2, 0.25) is 0 Å². The highest BCUT2D eigenvalue weighted by atomic mass is 16.6. The molecule has 0 aromatic heterocycles. The topological polar surface area (TPSA) is 92.0 Å². The van der Waals surface area contributed by atoms with E-state index in [1.807, 2.05) is 6.07 Å². The van der Waals surface area contributed by atoms with Crippen LogP contribution in [0.1, 0.15) is 24.8 Å². The number of benzene rings is 1. The normalized spacial score (nSPS) is 16.5. The van der Waals surface area contributed by atoms with Gasteiger partial charge in [0.15, 0.2) is 5.96 Å². The van der Waals surface area contributed by atoms with E-state index in [0.29, 0.717) is 12.6 Å². The van der Waals surface area contributed by atoms with Gasteiger partial charge in [-0.3, -0.25) is 15.1 Å². The molecule has 144 valence electrons. The molecule has 1 aliphatic rings. The van der Waals surface area contributed by atoms with Crippen LogP contribution < -0.4 is 10.6 Å². The highest BCUT2D eigenvalue weighted by Gasteiger charge is 2.19. The molecular formula is C18H29N5O3. The number of hydrogen-bond acceptors (Lipinski definition) is 5. The minimum absolute atomic E-state index is 0.105. The SMILES string of the molecule is CN=C(NCc1cccc([N+](=O)[O-])c1)NC1CCN(CCCOC)CC1. The Morgan fingerprint density at radius 3 is 2.85 bits per heavy atom. The maximum Gasteiger partial charge on any atom is 0.269 e. The van der Waals surface area contributed by atoms with E-state index in [2.05, 4.69) is 20.5 Å². The largest absolute Gasteiger partial charge is 0.385 e. The number of nitrogens with zero attached hydrogens (tertiary/aromatic N) is 3. The van der Waals surface area contributed by atoms with Crippen molar-refractivity contribution in [1.29, 1.82) is 0 Å². The van der Waals surface area contributed by atoms with Gasteiger partial charge in [-0.25, -0.2) is 0 Å². The van der Waals surface area contributed by atoms with E-state index in [1.165, 1.54) is 6.07 Å². The maximum atomic E-state index is 10.9. The van der Waals surface area contributed by atoms with Gasteiger partial charge in [0.1, 0.15) is 0 Å². The Bertz CT molecular complexity index is 600. The van der Waals surface area contributed by atoms with Crippen molar-refractivity contribution in [2.75, 3.05) is 40.4 Å². The second kappa shape index (κ2) is 10.7. The summed E-state index contributed by atoms with van der Waals surface area (Å²) < 4.78 is 5.10. The van der Waals surface area contributed by atoms with Crippen molar-refractivity contribution in [2.24, 2.45) is 4.99 Å². The first-order chi connectivity index (χ1) is 12.6. The molecule has 26 heavy (non-hydrogen) atoms. The van der Waals surface area contributed by atoms with E-state index in [0.717, 1.165) is 57.0 Å². The molecule has 2 N–H and O–H groups in total. The van der Waals surface area contributed by atoms with Crippen molar-refractivity contribution >= 4 is 11.6 Å². The highest BCUT2D eigenvalue weighted by molar-refractivity contribution is 5.80. The number of ether oxygens (including phenoxy) is 1. The number of methoxy groups -OCH3 is 1. The van der Waals surface area contributed by atoms with Gasteiger partial charge in [-0.1, -0.05) is 12.1 Å². The number of piperidine rings is 1. The van der Waals surface area contributed by atoms with Gasteiger partial charge >= 0.3 is 0 Å². The van der Waals surface area contributed by atoms with Crippen LogP contribution in [0.15, 0.2) is 29.3 Å². The van der Waals surface area contributed by atoms with Crippen molar-refractivity contribution in [1.82, 2.24) is 15.5 Å². The van der Waals surface area contributed by atoms with Crippen molar-refractivity contribution < 1.29 is 9.66 Å². The number of likely N-dealkylation sites (tertiary alicyclic amines) is 1. The summed E-state index contributed by atoms with van der Waals surface area (Å²) >= 11 is 0. The van der Waals surface area contributed by atoms with Crippen LogP contribution >= 0.6 is 0 Å². The van der Waals surface area contributed by atoms with Gasteiger partial charge < -0.3 is 20.3 Å². The molecule has 1 aliphatic heterocycles. The molecule has 1 aromatic rings. The first kappa shape index (κ1) is 20.1. The van der Waals surface area contributed by atoms with Crippen LogP contribution in [0.4, 0.5) is 5.69 Å². The van der Waals surface area contributed by atoms with Crippen LogP contribution in [0.5, 0.6) is 0 Å². The number of nitro groups is 1. The summed E-state index contributed by atoms with van der Waals surface area (Å²) in [6, 6.07) is 7.04. The van der Waals surface area contributed by atoms with Crippen molar-refractivity contribution in [2.45, 2.75) is 31.8 Å². The summed E-state index contributed by atoms with van der Waals surface area (Å²) in [4.78, 5) is 17.2. The van der Waals surface area contributed by atoms with Crippen LogP contribution in [-0.4, -0.2) is 62.2 Å². The molecule has 0 radical (unpaired) electrons. The quantitative estimate of drug-likeness (QED) is 0.240. The van der Waals surface area contributed by atoms with Crippen molar-refractivity contribution in [3.8, 4) is 0 Å². The lowest BCUT2D eigenvalue weighted by atomic mass is 10.1. The Labute approximate surface area is 154 Å². The van der Waals surface area contributed by atoms with Crippen molar-refractivity contribution in [3.63, 3.8) is 0 Å². The monoisotopic (exact) mass is 363 g/mol. The molecule has 1 aromatic carbocycles. The Morgan fingerprint density at radius 1 is 1.42 bits per heavy atom. The first-order valence-corrected chi connectivity index (χ1v) is 9.04. The van der Waals surface area contributed by atoms with Gasteiger partial charge in [0.25, 0.3) is 5.69 Å². The summed E-state index contributed by atoms with van der Waals surface area (Å²) in [7, 11) is 3.48. The van der Waals surface area contributed by atoms with Crippen LogP contribution in [0, 0.1) is 10.1 Å². The number of guanidine groups is 1. The Hall–Kier alpha value is -2.19. The molecule has 1 fully saturated rings. The molecule has 8 heteroatoms. The van der Waals surface area contributed by atoms with Crippen LogP contribution in [0.25, 0.3) is 0 Å². The fourth-order valence-electron chi connectivity index (χ4n) is 3.09. The molecule has 0 atom stereocenters. The number of non-ortho nitro benzene ring substituents is 1. The summed E-state index contributed by atoms with van der Waals surface area (Å²) in [5.74, 6) is 0.731. The average Bonchev–Trinajstić information content (AvgIpc) is 2.66. The fourth-order valence-corrected chi connectivity index (χ4v) is 3.09. The second-order valence-corrected chi connectivity index (χ2v) is 6.46. The van der Waals surface area contributed by atoms with E-state index < -0.39 is 0 Å². The number of hydrogen-bond donors (Lipinski definition) is 2. The molecule has 2 rings (SSSR count). The molecule has 0 bridgehead atoms. The number of nitrogens with one attached hydrogen (secondary N) is 2. The van der Waals surface area contributed by atoms with Gasteiger partial charge in [0.2, 0.25) is 0 Å². The molecule has 0 unspecified atom stereocenters. The Kier molecular flexibility index (Phi) is 8.30. The minimum Gasteiger partial charge on any atom is -0.385 e. The van der Waals surface area contributed by atoms with E-state index in [-0.39, 0.29) is 10.6 Å². The number of rotatable bonds is 8. The molecule has 0 aliphatic carbocycles. The fraction of sp³-hybridized carbons (Fsp3) is 0.611. The molecule has 0 amide bonds. The summed E-state index contributed by atoms with van der Waals surface area (Å²) in [6.45, 7) is 4.54. The molecule has 1 heterocycles. The zero-order chi connectivity index (χ0) is 18.8. The van der Waals surface area contributed by atoms with Crippen LogP contribution in [-0.2, 0) is 11.3 Å². The Balaban J connectivity index is 1.75. The third kappa shape index (κ3) is 6.61. The van der Waals surface area contributed by atoms with Crippen LogP contribution in [0.3, 0.4) is 0 Å². The maximum absolute atomic E-state index is 10.9. The Morgan fingerprint density at radius 2 is 2.19 bits per heavy atom. The summed E-state index contributed by atoms with van der Waals surface area (Å²) in [5, 5.41) is 17.6. The highest BCUT2D eigenvalue weighted by Crippen LogP contribution is 2.13. The predicted octanol–water partition coefficient (Wildman–Crippen LogP) is 1.76. The van der Waals surface area contributed by atoms with E-state index in [9.17, 15) is 10.1 Å². The van der Waals surface area contributed by atoms with Gasteiger partial charge in [-0.2, -0.15) is 0 Å². The molecule has 0 saturated carbocycles. The molecule has 1 saturated heterocycles. The average molecular weight is 363 g/mol. The molecule has 0 spiro atoms. The second-order valence-electron chi connectivity index (χ2n) is 6.46. The lowest BCUT2D eigenvalue weighted by Crippen LogP contribution is -2.48. The van der Waals surface area contributed by atoms with Gasteiger partial charge in [0.05, 0.1) is 4.92 Å². The third-order valence-corrected chi connectivity index (χ3v) is 4.56. The van der Waals surface area contributed by atoms with Crippen molar-refractivity contribution in [3.05, 3.63) is 39.9 Å². The standard InChI is InChI=1S/C18H29N5O3/c1-19-18(20-14-15-5-3-6-17(13-15)23(24)25)21-16-7-10-22(11-8-16)9-4-12-26-2/h3,5-6,13,16H,4,7-12,14H2,1-2H3,(H2,19,20,21). The zero-order valence-electron chi connectivity index (χ0n) is 15.6. The van der Waals surface area contributed by atoms with Gasteiger partial charge in [-0.05, 0) is 24.8 Å².